The number of anilines is 1. The maximum Gasteiger partial charge on any atom is 0.251 e. The van der Waals surface area contributed by atoms with Gasteiger partial charge in [-0.25, -0.2) is 9.37 Å². The van der Waals surface area contributed by atoms with Crippen molar-refractivity contribution in [1.82, 2.24) is 14.7 Å². The van der Waals surface area contributed by atoms with Crippen molar-refractivity contribution in [2.45, 2.75) is 32.2 Å². The molecule has 6 nitrogen and oxygen atoms in total. The van der Waals surface area contributed by atoms with Crippen LogP contribution in [0.25, 0.3) is 0 Å². The first-order valence-electron chi connectivity index (χ1n) is 9.83. The van der Waals surface area contributed by atoms with Gasteiger partial charge in [0.05, 0.1) is 7.11 Å². The van der Waals surface area contributed by atoms with Crippen LogP contribution in [-0.2, 0) is 6.42 Å². The molecule has 1 unspecified atom stereocenters. The minimum Gasteiger partial charge on any atom is -0.497 e. The largest absolute Gasteiger partial charge is 0.497 e. The van der Waals surface area contributed by atoms with Gasteiger partial charge in [0.2, 0.25) is 5.13 Å². The Labute approximate surface area is 179 Å². The number of rotatable bonds is 10. The fraction of sp³-hybridized carbons (Fsp3) is 0.318. The highest BCUT2D eigenvalue weighted by atomic mass is 32.1. The number of ether oxygens (including phenoxy) is 1. The second kappa shape index (κ2) is 10.7. The number of nitrogens with zero attached hydrogens (tertiary/aromatic N) is 2. The molecule has 1 atom stereocenters. The quantitative estimate of drug-likeness (QED) is 0.504. The van der Waals surface area contributed by atoms with E-state index in [-0.39, 0.29) is 17.8 Å². The lowest BCUT2D eigenvalue weighted by Gasteiger charge is -2.17. The van der Waals surface area contributed by atoms with E-state index >= 15 is 0 Å². The summed E-state index contributed by atoms with van der Waals surface area (Å²) < 4.78 is 22.5. The maximum absolute atomic E-state index is 13.0. The van der Waals surface area contributed by atoms with Gasteiger partial charge in [0, 0.05) is 36.1 Å². The van der Waals surface area contributed by atoms with Gasteiger partial charge in [-0.3, -0.25) is 4.79 Å². The van der Waals surface area contributed by atoms with Crippen LogP contribution >= 0.6 is 11.5 Å². The molecule has 1 heterocycles. The number of aromatic nitrogens is 2. The van der Waals surface area contributed by atoms with Gasteiger partial charge in [0.25, 0.3) is 5.91 Å². The van der Waals surface area contributed by atoms with Crippen LogP contribution in [0.1, 0.15) is 41.5 Å². The zero-order chi connectivity index (χ0) is 21.3. The topological polar surface area (TPSA) is 76.1 Å². The highest BCUT2D eigenvalue weighted by Crippen LogP contribution is 2.15. The normalized spacial score (nSPS) is 11.7. The molecule has 0 radical (unpaired) electrons. The number of nitrogens with one attached hydrogen (secondary N) is 2. The Kier molecular flexibility index (Phi) is 7.73. The number of methoxy groups -OCH3 is 1. The van der Waals surface area contributed by atoms with Gasteiger partial charge in [-0.05, 0) is 54.8 Å². The van der Waals surface area contributed by atoms with E-state index in [1.807, 2.05) is 6.92 Å². The molecule has 0 aliphatic heterocycles. The van der Waals surface area contributed by atoms with Crippen molar-refractivity contribution >= 4 is 22.6 Å². The van der Waals surface area contributed by atoms with Crippen molar-refractivity contribution in [2.75, 3.05) is 19.0 Å². The average Bonchev–Trinajstić information content (AvgIpc) is 3.21. The minimum absolute atomic E-state index is 0.0544. The Balaban J connectivity index is 1.45. The number of carbonyl (C=O) groups excluding carboxylic acids is 1. The van der Waals surface area contributed by atoms with E-state index in [1.165, 1.54) is 23.7 Å². The van der Waals surface area contributed by atoms with Crippen molar-refractivity contribution in [1.29, 1.82) is 0 Å². The smallest absolute Gasteiger partial charge is 0.251 e. The molecule has 158 valence electrons. The third-order valence-electron chi connectivity index (χ3n) is 4.69. The maximum atomic E-state index is 13.0. The number of carbonyl (C=O) groups is 1. The lowest BCUT2D eigenvalue weighted by atomic mass is 10.1. The molecule has 0 aliphatic rings. The zero-order valence-corrected chi connectivity index (χ0v) is 17.8. The van der Waals surface area contributed by atoms with Crippen LogP contribution in [0.3, 0.4) is 0 Å². The molecule has 2 N–H and O–H groups in total. The molecule has 8 heteroatoms. The van der Waals surface area contributed by atoms with Gasteiger partial charge >= 0.3 is 0 Å². The van der Waals surface area contributed by atoms with Crippen molar-refractivity contribution < 1.29 is 13.9 Å². The van der Waals surface area contributed by atoms with Crippen LogP contribution in [0.2, 0.25) is 0 Å². The molecular formula is C22H25FN4O2S. The monoisotopic (exact) mass is 428 g/mol. The Hall–Kier alpha value is -3.00. The molecule has 3 rings (SSSR count). The van der Waals surface area contributed by atoms with Crippen LogP contribution in [0.15, 0.2) is 48.5 Å². The predicted molar refractivity (Wildman–Crippen MR) is 117 cm³/mol. The third-order valence-corrected chi connectivity index (χ3v) is 5.40. The highest BCUT2D eigenvalue weighted by molar-refractivity contribution is 7.09. The molecule has 3 aromatic rings. The summed E-state index contributed by atoms with van der Waals surface area (Å²) in [5.41, 5.74) is 1.57. The molecule has 0 aliphatic carbocycles. The summed E-state index contributed by atoms with van der Waals surface area (Å²) in [6, 6.07) is 13.5. The molecule has 2 aromatic carbocycles. The molecule has 1 aromatic heterocycles. The fourth-order valence-corrected chi connectivity index (χ4v) is 3.54. The number of hydrogen-bond donors (Lipinski definition) is 2. The van der Waals surface area contributed by atoms with Gasteiger partial charge < -0.3 is 15.4 Å². The highest BCUT2D eigenvalue weighted by Gasteiger charge is 2.13. The van der Waals surface area contributed by atoms with E-state index in [4.69, 9.17) is 4.74 Å². The second-order valence-electron chi connectivity index (χ2n) is 6.84. The standard InChI is InChI=1S/C22H25FN4O2S/c1-3-18(25-21(28)16-6-10-19(29-2)11-7-16)12-13-24-22-26-20(27-30-22)14-15-4-8-17(23)9-5-15/h4-11,18H,3,12-14H2,1-2H3,(H,25,28)(H,24,26,27). The van der Waals surface area contributed by atoms with E-state index in [0.717, 1.165) is 29.3 Å². The van der Waals surface area contributed by atoms with Crippen LogP contribution in [0, 0.1) is 5.82 Å². The third kappa shape index (κ3) is 6.25. The molecular weight excluding hydrogens is 403 g/mol. The molecule has 1 amide bonds. The Morgan fingerprint density at radius 3 is 2.57 bits per heavy atom. The zero-order valence-electron chi connectivity index (χ0n) is 17.0. The molecule has 0 saturated carbocycles. The predicted octanol–water partition coefficient (Wildman–Crippen LogP) is 4.29. The summed E-state index contributed by atoms with van der Waals surface area (Å²) in [6.45, 7) is 2.72. The van der Waals surface area contributed by atoms with Crippen molar-refractivity contribution in [3.63, 3.8) is 0 Å². The van der Waals surface area contributed by atoms with Crippen LogP contribution in [0.5, 0.6) is 5.75 Å². The number of halogens is 1. The molecule has 0 fully saturated rings. The lowest BCUT2D eigenvalue weighted by Crippen LogP contribution is -2.35. The first-order valence-corrected chi connectivity index (χ1v) is 10.6. The van der Waals surface area contributed by atoms with Gasteiger partial charge in [-0.2, -0.15) is 4.37 Å². The SMILES string of the molecule is CCC(CCNc1nc(Cc2ccc(F)cc2)ns1)NC(=O)c1ccc(OC)cc1. The number of amides is 1. The van der Waals surface area contributed by atoms with Gasteiger partial charge in [-0.15, -0.1) is 0 Å². The summed E-state index contributed by atoms with van der Waals surface area (Å²) in [7, 11) is 1.60. The summed E-state index contributed by atoms with van der Waals surface area (Å²) in [6.07, 6.45) is 2.16. The molecule has 30 heavy (non-hydrogen) atoms. The molecule has 0 spiro atoms. The fourth-order valence-electron chi connectivity index (χ4n) is 2.93. The van der Waals surface area contributed by atoms with E-state index in [0.29, 0.717) is 24.4 Å². The first kappa shape index (κ1) is 21.7. The average molecular weight is 429 g/mol. The second-order valence-corrected chi connectivity index (χ2v) is 7.59. The molecule has 0 bridgehead atoms. The number of benzene rings is 2. The van der Waals surface area contributed by atoms with E-state index < -0.39 is 0 Å². The summed E-state index contributed by atoms with van der Waals surface area (Å²) in [5.74, 6) is 1.08. The van der Waals surface area contributed by atoms with Crippen LogP contribution < -0.4 is 15.4 Å². The summed E-state index contributed by atoms with van der Waals surface area (Å²) in [5, 5.41) is 7.08. The summed E-state index contributed by atoms with van der Waals surface area (Å²) >= 11 is 1.30. The van der Waals surface area contributed by atoms with Crippen molar-refractivity contribution in [3.05, 3.63) is 71.3 Å². The number of hydrogen-bond acceptors (Lipinski definition) is 6. The first-order chi connectivity index (χ1) is 14.6. The molecule has 0 saturated heterocycles. The van der Waals surface area contributed by atoms with Gasteiger partial charge in [0.1, 0.15) is 17.4 Å². The van der Waals surface area contributed by atoms with Crippen molar-refractivity contribution in [2.24, 2.45) is 0 Å². The van der Waals surface area contributed by atoms with Gasteiger partial charge in [0.15, 0.2) is 0 Å². The Morgan fingerprint density at radius 2 is 1.90 bits per heavy atom. The Morgan fingerprint density at radius 1 is 1.17 bits per heavy atom. The van der Waals surface area contributed by atoms with Crippen LogP contribution in [0.4, 0.5) is 9.52 Å². The summed E-state index contributed by atoms with van der Waals surface area (Å²) in [4.78, 5) is 16.9. The minimum atomic E-state index is -0.253. The Bertz CT molecular complexity index is 945. The van der Waals surface area contributed by atoms with E-state index in [2.05, 4.69) is 20.0 Å². The van der Waals surface area contributed by atoms with E-state index in [1.54, 1.807) is 43.5 Å². The van der Waals surface area contributed by atoms with Gasteiger partial charge in [-0.1, -0.05) is 19.1 Å². The van der Waals surface area contributed by atoms with E-state index in [9.17, 15) is 9.18 Å². The van der Waals surface area contributed by atoms with Crippen LogP contribution in [-0.4, -0.2) is 35.0 Å². The lowest BCUT2D eigenvalue weighted by molar-refractivity contribution is 0.0934. The van der Waals surface area contributed by atoms with Crippen molar-refractivity contribution in [3.8, 4) is 5.75 Å².